The van der Waals surface area contributed by atoms with E-state index in [-0.39, 0.29) is 0 Å². The molecule has 4 nitrogen and oxygen atoms in total. The maximum atomic E-state index is 9.08. The summed E-state index contributed by atoms with van der Waals surface area (Å²) in [5.74, 6) is 0.556. The lowest BCUT2D eigenvalue weighted by Crippen LogP contribution is -2.36. The van der Waals surface area contributed by atoms with Crippen molar-refractivity contribution in [2.45, 2.75) is 18.8 Å². The monoisotopic (exact) mass is 235 g/mol. The average molecular weight is 235 g/mol. The summed E-state index contributed by atoms with van der Waals surface area (Å²) in [6.45, 7) is 3.31. The molecule has 16 heavy (non-hydrogen) atoms. The zero-order valence-corrected chi connectivity index (χ0v) is 9.79. The van der Waals surface area contributed by atoms with Gasteiger partial charge in [-0.15, -0.1) is 0 Å². The number of nitriles is 1. The van der Waals surface area contributed by atoms with E-state index in [0.29, 0.717) is 5.92 Å². The summed E-state index contributed by atoms with van der Waals surface area (Å²) in [6, 6.07) is 2.27. The molecule has 0 amide bonds. The molecule has 0 radical (unpaired) electrons. The first-order valence-electron chi connectivity index (χ1n) is 5.62. The fraction of sp³-hybridized carbons (Fsp3) is 0.636. The molecule has 84 valence electrons. The predicted octanol–water partition coefficient (Wildman–Crippen LogP) is 1.73. The normalized spacial score (nSPS) is 20.8. The van der Waals surface area contributed by atoms with Crippen LogP contribution in [0.4, 0.5) is 5.13 Å². The molecule has 1 aromatic rings. The van der Waals surface area contributed by atoms with Gasteiger partial charge in [-0.05, 0) is 12.8 Å². The second-order valence-corrected chi connectivity index (χ2v) is 5.17. The molecule has 2 fully saturated rings. The Kier molecular flexibility index (Phi) is 2.54. The Labute approximate surface area is 98.5 Å². The molecule has 3 rings (SSSR count). The van der Waals surface area contributed by atoms with Crippen molar-refractivity contribution in [2.24, 2.45) is 0 Å². The minimum absolute atomic E-state index is 0.556. The SMILES string of the molecule is N#Cc1sc(N2CCOCC2)nc1C1CC1. The van der Waals surface area contributed by atoms with Gasteiger partial charge in [0.15, 0.2) is 5.13 Å². The van der Waals surface area contributed by atoms with E-state index in [1.807, 2.05) is 0 Å². The van der Waals surface area contributed by atoms with Gasteiger partial charge in [0.25, 0.3) is 0 Å². The fourth-order valence-electron chi connectivity index (χ4n) is 1.92. The second kappa shape index (κ2) is 4.04. The molecule has 0 aromatic carbocycles. The highest BCUT2D eigenvalue weighted by Crippen LogP contribution is 2.43. The second-order valence-electron chi connectivity index (χ2n) is 4.20. The van der Waals surface area contributed by atoms with Crippen LogP contribution in [0.1, 0.15) is 29.3 Å². The molecule has 1 aliphatic carbocycles. The Morgan fingerprint density at radius 2 is 2.12 bits per heavy atom. The van der Waals surface area contributed by atoms with Gasteiger partial charge in [-0.25, -0.2) is 4.98 Å². The van der Waals surface area contributed by atoms with Gasteiger partial charge >= 0.3 is 0 Å². The van der Waals surface area contributed by atoms with Crippen molar-refractivity contribution in [3.05, 3.63) is 10.6 Å². The van der Waals surface area contributed by atoms with E-state index < -0.39 is 0 Å². The number of hydrogen-bond donors (Lipinski definition) is 0. The van der Waals surface area contributed by atoms with Gasteiger partial charge in [-0.1, -0.05) is 11.3 Å². The van der Waals surface area contributed by atoms with Crippen molar-refractivity contribution < 1.29 is 4.74 Å². The van der Waals surface area contributed by atoms with Crippen LogP contribution in [0, 0.1) is 11.3 Å². The zero-order valence-electron chi connectivity index (χ0n) is 8.98. The number of nitrogens with zero attached hydrogens (tertiary/aromatic N) is 3. The molecule has 0 bridgehead atoms. The minimum atomic E-state index is 0.556. The lowest BCUT2D eigenvalue weighted by molar-refractivity contribution is 0.122. The van der Waals surface area contributed by atoms with Crippen molar-refractivity contribution in [1.29, 1.82) is 5.26 Å². The predicted molar refractivity (Wildman–Crippen MR) is 61.8 cm³/mol. The van der Waals surface area contributed by atoms with Crippen LogP contribution in [0.3, 0.4) is 0 Å². The van der Waals surface area contributed by atoms with E-state index in [2.05, 4.69) is 16.0 Å². The smallest absolute Gasteiger partial charge is 0.186 e. The molecule has 1 aromatic heterocycles. The average Bonchev–Trinajstić information content (AvgIpc) is 3.10. The third-order valence-electron chi connectivity index (χ3n) is 2.99. The summed E-state index contributed by atoms with van der Waals surface area (Å²) in [7, 11) is 0. The van der Waals surface area contributed by atoms with Crippen molar-refractivity contribution in [3.8, 4) is 6.07 Å². The first-order valence-corrected chi connectivity index (χ1v) is 6.43. The molecule has 0 N–H and O–H groups in total. The maximum Gasteiger partial charge on any atom is 0.186 e. The van der Waals surface area contributed by atoms with Crippen molar-refractivity contribution >= 4 is 16.5 Å². The third-order valence-corrected chi connectivity index (χ3v) is 4.03. The Morgan fingerprint density at radius 1 is 1.38 bits per heavy atom. The minimum Gasteiger partial charge on any atom is -0.378 e. The van der Waals surface area contributed by atoms with Gasteiger partial charge in [-0.2, -0.15) is 5.26 Å². The number of morpholine rings is 1. The number of aromatic nitrogens is 1. The van der Waals surface area contributed by atoms with Crippen LogP contribution in [0.2, 0.25) is 0 Å². The molecule has 2 heterocycles. The Bertz CT molecular complexity index is 427. The van der Waals surface area contributed by atoms with Gasteiger partial charge in [0.1, 0.15) is 10.9 Å². The highest BCUT2D eigenvalue weighted by Gasteiger charge is 2.30. The first kappa shape index (κ1) is 10.1. The maximum absolute atomic E-state index is 9.08. The quantitative estimate of drug-likeness (QED) is 0.783. The number of ether oxygens (including phenoxy) is 1. The Hall–Kier alpha value is -1.12. The largest absolute Gasteiger partial charge is 0.378 e. The molecular formula is C11H13N3OS. The van der Waals surface area contributed by atoms with Gasteiger partial charge in [-0.3, -0.25) is 0 Å². The van der Waals surface area contributed by atoms with Crippen LogP contribution < -0.4 is 4.90 Å². The Morgan fingerprint density at radius 3 is 2.75 bits per heavy atom. The molecular weight excluding hydrogens is 222 g/mol. The molecule has 0 atom stereocenters. The highest BCUT2D eigenvalue weighted by atomic mass is 32.1. The topological polar surface area (TPSA) is 49.2 Å². The van der Waals surface area contributed by atoms with E-state index in [0.717, 1.165) is 42.0 Å². The standard InChI is InChI=1S/C11H13N3OS/c12-7-9-10(8-1-2-8)13-11(16-9)14-3-5-15-6-4-14/h8H,1-6H2. The lowest BCUT2D eigenvalue weighted by Gasteiger charge is -2.25. The molecule has 0 unspecified atom stereocenters. The number of thiazole rings is 1. The van der Waals surface area contributed by atoms with Gasteiger partial charge in [0.2, 0.25) is 0 Å². The van der Waals surface area contributed by atoms with E-state index in [4.69, 9.17) is 10.00 Å². The summed E-state index contributed by atoms with van der Waals surface area (Å²) in [4.78, 5) is 7.67. The highest BCUT2D eigenvalue weighted by molar-refractivity contribution is 7.16. The van der Waals surface area contributed by atoms with Crippen LogP contribution in [0.15, 0.2) is 0 Å². The van der Waals surface area contributed by atoms with Gasteiger partial charge < -0.3 is 9.64 Å². The van der Waals surface area contributed by atoms with Crippen LogP contribution in [-0.2, 0) is 4.74 Å². The molecule has 2 aliphatic rings. The number of hydrogen-bond acceptors (Lipinski definition) is 5. The lowest BCUT2D eigenvalue weighted by atomic mass is 10.3. The Balaban J connectivity index is 1.86. The van der Waals surface area contributed by atoms with Crippen LogP contribution in [0.25, 0.3) is 0 Å². The number of rotatable bonds is 2. The van der Waals surface area contributed by atoms with E-state index in [1.165, 1.54) is 24.2 Å². The summed E-state index contributed by atoms with van der Waals surface area (Å²) < 4.78 is 5.31. The fourth-order valence-corrected chi connectivity index (χ4v) is 2.92. The molecule has 5 heteroatoms. The summed E-state index contributed by atoms with van der Waals surface area (Å²) in [5.41, 5.74) is 1.04. The zero-order chi connectivity index (χ0) is 11.0. The van der Waals surface area contributed by atoms with E-state index in [1.54, 1.807) is 0 Å². The van der Waals surface area contributed by atoms with Crippen LogP contribution in [0.5, 0.6) is 0 Å². The van der Waals surface area contributed by atoms with Crippen molar-refractivity contribution in [2.75, 3.05) is 31.2 Å². The summed E-state index contributed by atoms with van der Waals surface area (Å²) >= 11 is 1.53. The third kappa shape index (κ3) is 1.79. The molecule has 1 saturated carbocycles. The van der Waals surface area contributed by atoms with E-state index >= 15 is 0 Å². The van der Waals surface area contributed by atoms with E-state index in [9.17, 15) is 0 Å². The van der Waals surface area contributed by atoms with Crippen LogP contribution in [-0.4, -0.2) is 31.3 Å². The van der Waals surface area contributed by atoms with Gasteiger partial charge in [0, 0.05) is 19.0 Å². The first-order chi connectivity index (χ1) is 7.88. The summed E-state index contributed by atoms with van der Waals surface area (Å²) in [5, 5.41) is 10.1. The van der Waals surface area contributed by atoms with Crippen LogP contribution >= 0.6 is 11.3 Å². The van der Waals surface area contributed by atoms with Crippen molar-refractivity contribution in [1.82, 2.24) is 4.98 Å². The summed E-state index contributed by atoms with van der Waals surface area (Å²) in [6.07, 6.45) is 2.39. The number of anilines is 1. The molecule has 1 aliphatic heterocycles. The van der Waals surface area contributed by atoms with Crippen molar-refractivity contribution in [3.63, 3.8) is 0 Å². The molecule has 0 spiro atoms. The van der Waals surface area contributed by atoms with Gasteiger partial charge in [0.05, 0.1) is 18.9 Å². The molecule has 1 saturated heterocycles.